The van der Waals surface area contributed by atoms with Crippen molar-refractivity contribution in [1.82, 2.24) is 24.5 Å². The zero-order chi connectivity index (χ0) is 22.1. The van der Waals surface area contributed by atoms with Crippen molar-refractivity contribution in [3.05, 3.63) is 54.3 Å². The van der Waals surface area contributed by atoms with Crippen LogP contribution in [0.25, 0.3) is 28.5 Å². The van der Waals surface area contributed by atoms with Crippen molar-refractivity contribution in [2.24, 2.45) is 5.73 Å². The van der Waals surface area contributed by atoms with E-state index in [1.807, 2.05) is 35.2 Å². The Balaban J connectivity index is 1.40. The molecule has 4 N–H and O–H groups in total. The molecule has 164 valence electrons. The molecule has 5 rings (SSSR count). The molecule has 0 spiro atoms. The van der Waals surface area contributed by atoms with Crippen LogP contribution in [0.5, 0.6) is 0 Å². The van der Waals surface area contributed by atoms with Gasteiger partial charge in [-0.1, -0.05) is 24.3 Å². The van der Waals surface area contributed by atoms with Crippen molar-refractivity contribution in [3.8, 4) is 22.8 Å². The van der Waals surface area contributed by atoms with Crippen LogP contribution in [0.1, 0.15) is 37.3 Å². The second-order valence-corrected chi connectivity index (χ2v) is 8.00. The number of nitrogens with zero attached hydrogens (tertiary/aromatic N) is 5. The van der Waals surface area contributed by atoms with E-state index >= 15 is 0 Å². The second-order valence-electron chi connectivity index (χ2n) is 8.00. The Hall–Kier alpha value is -3.72. The summed E-state index contributed by atoms with van der Waals surface area (Å²) in [7, 11) is 0. The molecule has 1 atom stereocenters. The largest absolute Gasteiger partial charge is 0.461 e. The van der Waals surface area contributed by atoms with Crippen LogP contribution in [0, 0.1) is 0 Å². The highest BCUT2D eigenvalue weighted by atomic mass is 16.3. The number of aromatic nitrogens is 4. The van der Waals surface area contributed by atoms with Gasteiger partial charge in [0.05, 0.1) is 12.0 Å². The minimum atomic E-state index is -0.181. The van der Waals surface area contributed by atoms with Crippen molar-refractivity contribution >= 4 is 17.5 Å². The highest BCUT2D eigenvalue weighted by molar-refractivity contribution is 5.78. The lowest BCUT2D eigenvalue weighted by molar-refractivity contribution is -0.127. The number of likely N-dealkylation sites (tertiary alicyclic amines) is 1. The summed E-state index contributed by atoms with van der Waals surface area (Å²) in [5.74, 6) is 1.49. The van der Waals surface area contributed by atoms with E-state index in [4.69, 9.17) is 15.9 Å². The first-order chi connectivity index (χ1) is 15.6. The average Bonchev–Trinajstić information content (AvgIpc) is 3.55. The summed E-state index contributed by atoms with van der Waals surface area (Å²) in [6.07, 6.45) is 4.81. The van der Waals surface area contributed by atoms with Crippen LogP contribution in [0.2, 0.25) is 0 Å². The van der Waals surface area contributed by atoms with Gasteiger partial charge in [0.2, 0.25) is 17.7 Å². The van der Waals surface area contributed by atoms with Crippen LogP contribution in [0.4, 0.5) is 5.95 Å². The lowest BCUT2D eigenvalue weighted by Gasteiger charge is -2.19. The molecule has 0 saturated carbocycles. The van der Waals surface area contributed by atoms with Gasteiger partial charge in [-0.05, 0) is 37.0 Å². The van der Waals surface area contributed by atoms with Crippen LogP contribution in [0.15, 0.2) is 53.1 Å². The molecule has 1 fully saturated rings. The number of carbonyl (C=O) groups excluding carboxylic acids is 1. The van der Waals surface area contributed by atoms with Crippen LogP contribution in [-0.4, -0.2) is 43.5 Å². The van der Waals surface area contributed by atoms with Gasteiger partial charge in [-0.15, -0.1) is 5.10 Å². The maximum absolute atomic E-state index is 11.8. The quantitative estimate of drug-likeness (QED) is 0.460. The van der Waals surface area contributed by atoms with E-state index in [0.717, 1.165) is 43.5 Å². The summed E-state index contributed by atoms with van der Waals surface area (Å²) in [6.45, 7) is 1.60. The minimum Gasteiger partial charge on any atom is -0.461 e. The van der Waals surface area contributed by atoms with Gasteiger partial charge >= 0.3 is 0 Å². The number of anilines is 1. The summed E-state index contributed by atoms with van der Waals surface area (Å²) in [5.41, 5.74) is 15.9. The third kappa shape index (κ3) is 3.82. The zero-order valence-corrected chi connectivity index (χ0v) is 17.6. The predicted octanol–water partition coefficient (Wildman–Crippen LogP) is 3.04. The highest BCUT2D eigenvalue weighted by Gasteiger charge is 2.21. The molecule has 3 aromatic heterocycles. The SMILES string of the molecule is Nc1nc(-c2ccccc2C(N)CCCN2CCCC2=O)cc2nc(-c3ccco3)nn12. The molecule has 1 amide bonds. The van der Waals surface area contributed by atoms with E-state index in [0.29, 0.717) is 29.3 Å². The fourth-order valence-electron chi connectivity index (χ4n) is 4.21. The van der Waals surface area contributed by atoms with Gasteiger partial charge in [0.1, 0.15) is 0 Å². The van der Waals surface area contributed by atoms with E-state index in [1.165, 1.54) is 4.52 Å². The van der Waals surface area contributed by atoms with Gasteiger partial charge in [0.15, 0.2) is 11.4 Å². The topological polar surface area (TPSA) is 129 Å². The Kier molecular flexibility index (Phi) is 5.32. The van der Waals surface area contributed by atoms with Gasteiger partial charge in [-0.3, -0.25) is 4.79 Å². The molecule has 1 unspecified atom stereocenters. The van der Waals surface area contributed by atoms with E-state index in [2.05, 4.69) is 15.1 Å². The van der Waals surface area contributed by atoms with Gasteiger partial charge in [0.25, 0.3) is 0 Å². The normalized spacial score (nSPS) is 15.0. The van der Waals surface area contributed by atoms with E-state index in [-0.39, 0.29) is 17.9 Å². The number of amides is 1. The lowest BCUT2D eigenvalue weighted by atomic mass is 9.95. The number of hydrogen-bond donors (Lipinski definition) is 2. The molecule has 0 radical (unpaired) electrons. The Morgan fingerprint density at radius 3 is 2.81 bits per heavy atom. The fourth-order valence-corrected chi connectivity index (χ4v) is 4.21. The number of nitrogens with two attached hydrogens (primary N) is 2. The number of fused-ring (bicyclic) bond motifs is 1. The third-order valence-corrected chi connectivity index (χ3v) is 5.84. The molecule has 32 heavy (non-hydrogen) atoms. The number of nitrogen functional groups attached to an aromatic ring is 1. The molecule has 1 aliphatic heterocycles. The summed E-state index contributed by atoms with van der Waals surface area (Å²) >= 11 is 0. The first-order valence-corrected chi connectivity index (χ1v) is 10.8. The molecule has 1 aliphatic rings. The highest BCUT2D eigenvalue weighted by Crippen LogP contribution is 2.30. The first kappa shape index (κ1) is 20.2. The van der Waals surface area contributed by atoms with Crippen LogP contribution < -0.4 is 11.5 Å². The standard InChI is InChI=1S/C23H25N7O2/c24-17(8-3-11-29-12-4-10-21(29)31)15-6-1-2-7-16(15)18-14-20-27-22(19-9-5-13-32-19)28-30(20)23(25)26-18/h1-2,5-7,9,13-14,17H,3-4,8,10-12,24H2,(H2,25,26). The number of carbonyl (C=O) groups is 1. The summed E-state index contributed by atoms with van der Waals surface area (Å²) < 4.78 is 6.89. The molecule has 9 nitrogen and oxygen atoms in total. The van der Waals surface area contributed by atoms with Gasteiger partial charge in [-0.25, -0.2) is 9.97 Å². The molecular weight excluding hydrogens is 406 g/mol. The molecule has 0 aliphatic carbocycles. The molecule has 9 heteroatoms. The number of rotatable bonds is 7. The van der Waals surface area contributed by atoms with Gasteiger partial charge in [-0.2, -0.15) is 4.52 Å². The van der Waals surface area contributed by atoms with Crippen molar-refractivity contribution in [2.75, 3.05) is 18.8 Å². The van der Waals surface area contributed by atoms with Crippen LogP contribution in [0.3, 0.4) is 0 Å². The third-order valence-electron chi connectivity index (χ3n) is 5.84. The van der Waals surface area contributed by atoms with E-state index < -0.39 is 0 Å². The lowest BCUT2D eigenvalue weighted by Crippen LogP contribution is -2.26. The minimum absolute atomic E-state index is 0.181. The average molecular weight is 432 g/mol. The van der Waals surface area contributed by atoms with Crippen molar-refractivity contribution in [1.29, 1.82) is 0 Å². The zero-order valence-electron chi connectivity index (χ0n) is 17.6. The molecular formula is C23H25N7O2. The monoisotopic (exact) mass is 431 g/mol. The fraction of sp³-hybridized carbons (Fsp3) is 0.304. The van der Waals surface area contributed by atoms with E-state index in [1.54, 1.807) is 18.4 Å². The molecule has 1 aromatic carbocycles. The van der Waals surface area contributed by atoms with Crippen LogP contribution >= 0.6 is 0 Å². The van der Waals surface area contributed by atoms with Gasteiger partial charge < -0.3 is 20.8 Å². The Morgan fingerprint density at radius 2 is 2.03 bits per heavy atom. The summed E-state index contributed by atoms with van der Waals surface area (Å²) in [4.78, 5) is 22.9. The molecule has 4 heterocycles. The second kappa shape index (κ2) is 8.43. The summed E-state index contributed by atoms with van der Waals surface area (Å²) in [6, 6.07) is 13.2. The Labute approximate surface area is 185 Å². The van der Waals surface area contributed by atoms with Crippen molar-refractivity contribution in [2.45, 2.75) is 31.7 Å². The number of furan rings is 1. The Morgan fingerprint density at radius 1 is 1.16 bits per heavy atom. The van der Waals surface area contributed by atoms with Crippen molar-refractivity contribution < 1.29 is 9.21 Å². The first-order valence-electron chi connectivity index (χ1n) is 10.8. The molecule has 0 bridgehead atoms. The maximum atomic E-state index is 11.8. The summed E-state index contributed by atoms with van der Waals surface area (Å²) in [5, 5.41) is 4.40. The van der Waals surface area contributed by atoms with Crippen LogP contribution in [-0.2, 0) is 4.79 Å². The van der Waals surface area contributed by atoms with Gasteiger partial charge in [0, 0.05) is 37.2 Å². The number of benzene rings is 1. The Bertz CT molecular complexity index is 1250. The van der Waals surface area contributed by atoms with Crippen molar-refractivity contribution in [3.63, 3.8) is 0 Å². The maximum Gasteiger partial charge on any atom is 0.223 e. The smallest absolute Gasteiger partial charge is 0.223 e. The molecule has 4 aromatic rings. The van der Waals surface area contributed by atoms with E-state index in [9.17, 15) is 4.79 Å². The number of hydrogen-bond acceptors (Lipinski definition) is 7. The molecule has 1 saturated heterocycles. The predicted molar refractivity (Wildman–Crippen MR) is 120 cm³/mol.